The summed E-state index contributed by atoms with van der Waals surface area (Å²) in [6.45, 7) is 6.31. The molecule has 0 aliphatic carbocycles. The van der Waals surface area contributed by atoms with Crippen molar-refractivity contribution in [2.24, 2.45) is 0 Å². The lowest BCUT2D eigenvalue weighted by molar-refractivity contribution is 0.0785. The molecule has 0 radical (unpaired) electrons. The van der Waals surface area contributed by atoms with Crippen LogP contribution in [0.2, 0.25) is 0 Å². The summed E-state index contributed by atoms with van der Waals surface area (Å²) >= 11 is 0. The molecule has 0 aliphatic heterocycles. The Morgan fingerprint density at radius 2 is 1.29 bits per heavy atom. The molecule has 3 nitrogen and oxygen atoms in total. The van der Waals surface area contributed by atoms with Crippen LogP contribution in [-0.2, 0) is 14.2 Å². The van der Waals surface area contributed by atoms with Crippen LogP contribution in [0.5, 0.6) is 0 Å². The minimum Gasteiger partial charge on any atom is -0.385 e. The third-order valence-electron chi connectivity index (χ3n) is 1.81. The second kappa shape index (κ2) is 12.9. The average molecular weight is 204 g/mol. The normalized spacial score (nSPS) is 10.7. The molecule has 0 spiro atoms. The van der Waals surface area contributed by atoms with E-state index < -0.39 is 0 Å². The van der Waals surface area contributed by atoms with Gasteiger partial charge in [-0.3, -0.25) is 0 Å². The van der Waals surface area contributed by atoms with Crippen LogP contribution in [0.15, 0.2) is 0 Å². The first-order valence-corrected chi connectivity index (χ1v) is 5.56. The molecule has 0 amide bonds. The highest BCUT2D eigenvalue weighted by atomic mass is 16.5. The zero-order chi connectivity index (χ0) is 10.5. The van der Waals surface area contributed by atoms with E-state index in [-0.39, 0.29) is 0 Å². The Morgan fingerprint density at radius 3 is 1.93 bits per heavy atom. The maximum absolute atomic E-state index is 5.42. The van der Waals surface area contributed by atoms with Gasteiger partial charge in [0.15, 0.2) is 0 Å². The molecule has 14 heavy (non-hydrogen) atoms. The molecule has 0 heterocycles. The van der Waals surface area contributed by atoms with Crippen LogP contribution in [-0.4, -0.2) is 40.1 Å². The van der Waals surface area contributed by atoms with Gasteiger partial charge in [0, 0.05) is 40.1 Å². The Balaban J connectivity index is 2.78. The standard InChI is InChI=1S/C11H24O3/c1-3-7-13-10-6-11-14-9-5-4-8-12-2/h3-11H2,1-2H3. The van der Waals surface area contributed by atoms with Crippen molar-refractivity contribution in [3.8, 4) is 0 Å². The monoisotopic (exact) mass is 204 g/mol. The van der Waals surface area contributed by atoms with Crippen LogP contribution in [0.3, 0.4) is 0 Å². The van der Waals surface area contributed by atoms with Crippen LogP contribution in [0, 0.1) is 0 Å². The molecule has 0 rings (SSSR count). The van der Waals surface area contributed by atoms with Crippen molar-refractivity contribution in [3.63, 3.8) is 0 Å². The molecule has 86 valence electrons. The second-order valence-electron chi connectivity index (χ2n) is 3.28. The summed E-state index contributed by atoms with van der Waals surface area (Å²) in [6, 6.07) is 0. The van der Waals surface area contributed by atoms with E-state index >= 15 is 0 Å². The van der Waals surface area contributed by atoms with Crippen LogP contribution in [0.1, 0.15) is 32.6 Å². The van der Waals surface area contributed by atoms with Gasteiger partial charge in [0.05, 0.1) is 0 Å². The van der Waals surface area contributed by atoms with Gasteiger partial charge in [-0.05, 0) is 25.7 Å². The largest absolute Gasteiger partial charge is 0.385 e. The van der Waals surface area contributed by atoms with Gasteiger partial charge < -0.3 is 14.2 Å². The molecule has 0 unspecified atom stereocenters. The van der Waals surface area contributed by atoms with Gasteiger partial charge in [-0.1, -0.05) is 6.92 Å². The van der Waals surface area contributed by atoms with Crippen molar-refractivity contribution >= 4 is 0 Å². The quantitative estimate of drug-likeness (QED) is 0.483. The number of hydrogen-bond donors (Lipinski definition) is 0. The number of hydrogen-bond acceptors (Lipinski definition) is 3. The first kappa shape index (κ1) is 13.9. The van der Waals surface area contributed by atoms with E-state index in [1.54, 1.807) is 7.11 Å². The van der Waals surface area contributed by atoms with Crippen molar-refractivity contribution in [1.29, 1.82) is 0 Å². The smallest absolute Gasteiger partial charge is 0.0487 e. The molecule has 0 saturated heterocycles. The Morgan fingerprint density at radius 1 is 0.714 bits per heavy atom. The topological polar surface area (TPSA) is 27.7 Å². The lowest BCUT2D eigenvalue weighted by Crippen LogP contribution is -2.03. The summed E-state index contributed by atoms with van der Waals surface area (Å²) in [5.41, 5.74) is 0. The molecule has 0 aromatic rings. The molecule has 0 aromatic carbocycles. The summed E-state index contributed by atoms with van der Waals surface area (Å²) in [4.78, 5) is 0. The highest BCUT2D eigenvalue weighted by Crippen LogP contribution is 1.92. The highest BCUT2D eigenvalue weighted by molar-refractivity contribution is 4.39. The Labute approximate surface area is 87.7 Å². The molecular formula is C11H24O3. The van der Waals surface area contributed by atoms with E-state index in [1.165, 1.54) is 0 Å². The molecule has 0 aliphatic rings. The van der Waals surface area contributed by atoms with E-state index in [4.69, 9.17) is 14.2 Å². The van der Waals surface area contributed by atoms with Gasteiger partial charge >= 0.3 is 0 Å². The zero-order valence-corrected chi connectivity index (χ0v) is 9.59. The molecule has 0 fully saturated rings. The Hall–Kier alpha value is -0.120. The van der Waals surface area contributed by atoms with Gasteiger partial charge in [0.25, 0.3) is 0 Å². The fraction of sp³-hybridized carbons (Fsp3) is 1.00. The van der Waals surface area contributed by atoms with Crippen molar-refractivity contribution in [2.45, 2.75) is 32.6 Å². The van der Waals surface area contributed by atoms with Crippen LogP contribution in [0.4, 0.5) is 0 Å². The minimum atomic E-state index is 0.816. The molecule has 0 atom stereocenters. The van der Waals surface area contributed by atoms with Gasteiger partial charge in [-0.2, -0.15) is 0 Å². The summed E-state index contributed by atoms with van der Waals surface area (Å²) in [5, 5.41) is 0. The zero-order valence-electron chi connectivity index (χ0n) is 9.59. The van der Waals surface area contributed by atoms with Gasteiger partial charge in [-0.15, -0.1) is 0 Å². The molecule has 0 N–H and O–H groups in total. The fourth-order valence-corrected chi connectivity index (χ4v) is 1.06. The lowest BCUT2D eigenvalue weighted by Gasteiger charge is -2.04. The molecule has 0 saturated carbocycles. The molecule has 0 aromatic heterocycles. The van der Waals surface area contributed by atoms with Crippen LogP contribution >= 0.6 is 0 Å². The molecule has 0 bridgehead atoms. The summed E-state index contributed by atoms with van der Waals surface area (Å²) < 4.78 is 15.7. The number of unbranched alkanes of at least 4 members (excludes halogenated alkanes) is 1. The average Bonchev–Trinajstić information content (AvgIpc) is 2.21. The number of ether oxygens (including phenoxy) is 3. The predicted molar refractivity (Wildman–Crippen MR) is 57.7 cm³/mol. The predicted octanol–water partition coefficient (Wildman–Crippen LogP) is 2.25. The summed E-state index contributed by atoms with van der Waals surface area (Å²) in [7, 11) is 1.73. The summed E-state index contributed by atoms with van der Waals surface area (Å²) in [6.07, 6.45) is 4.27. The number of rotatable bonds is 11. The Kier molecular flexibility index (Phi) is 12.8. The second-order valence-corrected chi connectivity index (χ2v) is 3.28. The summed E-state index contributed by atoms with van der Waals surface area (Å²) in [5.74, 6) is 0. The fourth-order valence-electron chi connectivity index (χ4n) is 1.06. The van der Waals surface area contributed by atoms with Crippen molar-refractivity contribution in [1.82, 2.24) is 0 Å². The van der Waals surface area contributed by atoms with E-state index in [9.17, 15) is 0 Å². The van der Waals surface area contributed by atoms with Crippen LogP contribution in [0.25, 0.3) is 0 Å². The highest BCUT2D eigenvalue weighted by Gasteiger charge is 1.90. The van der Waals surface area contributed by atoms with E-state index in [2.05, 4.69) is 6.92 Å². The molecular weight excluding hydrogens is 180 g/mol. The number of methoxy groups -OCH3 is 1. The Bertz CT molecular complexity index is 84.5. The van der Waals surface area contributed by atoms with E-state index in [0.717, 1.165) is 58.7 Å². The van der Waals surface area contributed by atoms with Crippen molar-refractivity contribution < 1.29 is 14.2 Å². The SMILES string of the molecule is CCCOCCCOCCCCOC. The first-order chi connectivity index (χ1) is 6.91. The maximum atomic E-state index is 5.42. The molecule has 3 heteroatoms. The van der Waals surface area contributed by atoms with Gasteiger partial charge in [-0.25, -0.2) is 0 Å². The van der Waals surface area contributed by atoms with Crippen LogP contribution < -0.4 is 0 Å². The maximum Gasteiger partial charge on any atom is 0.0487 e. The van der Waals surface area contributed by atoms with Crippen molar-refractivity contribution in [2.75, 3.05) is 40.1 Å². The van der Waals surface area contributed by atoms with E-state index in [1.807, 2.05) is 0 Å². The third kappa shape index (κ3) is 11.9. The first-order valence-electron chi connectivity index (χ1n) is 5.56. The lowest BCUT2D eigenvalue weighted by atomic mass is 10.3. The van der Waals surface area contributed by atoms with E-state index in [0.29, 0.717) is 0 Å². The minimum absolute atomic E-state index is 0.816. The van der Waals surface area contributed by atoms with Gasteiger partial charge in [0.1, 0.15) is 0 Å². The third-order valence-corrected chi connectivity index (χ3v) is 1.81. The van der Waals surface area contributed by atoms with Crippen molar-refractivity contribution in [3.05, 3.63) is 0 Å². The van der Waals surface area contributed by atoms with Gasteiger partial charge in [0.2, 0.25) is 0 Å².